The van der Waals surface area contributed by atoms with Gasteiger partial charge in [-0.25, -0.2) is 14.4 Å². The molecule has 12 heteroatoms. The van der Waals surface area contributed by atoms with Gasteiger partial charge in [0.1, 0.15) is 22.3 Å². The number of anilines is 2. The van der Waals surface area contributed by atoms with Crippen molar-refractivity contribution in [3.63, 3.8) is 0 Å². The summed E-state index contributed by atoms with van der Waals surface area (Å²) in [6, 6.07) is 5.70. The van der Waals surface area contributed by atoms with E-state index in [1.165, 1.54) is 30.4 Å². The van der Waals surface area contributed by atoms with Crippen LogP contribution in [0.4, 0.5) is 21.8 Å². The second kappa shape index (κ2) is 10.5. The summed E-state index contributed by atoms with van der Waals surface area (Å²) in [6.45, 7) is 2.05. The zero-order valence-electron chi connectivity index (χ0n) is 18.3. The van der Waals surface area contributed by atoms with Crippen LogP contribution in [0.5, 0.6) is 0 Å². The molecule has 0 spiro atoms. The fraction of sp³-hybridized carbons (Fsp3) is 0.364. The molecule has 1 aliphatic rings. The Bertz CT molecular complexity index is 1190. The molecule has 2 N–H and O–H groups in total. The lowest BCUT2D eigenvalue weighted by molar-refractivity contribution is -0.402. The van der Waals surface area contributed by atoms with Gasteiger partial charge in [-0.05, 0) is 30.4 Å². The molecule has 1 saturated heterocycles. The first-order valence-electron chi connectivity index (χ1n) is 10.7. The topological polar surface area (TPSA) is 138 Å². The van der Waals surface area contributed by atoms with Crippen molar-refractivity contribution in [3.8, 4) is 0 Å². The minimum Gasteiger partial charge on any atom is -0.401 e. The van der Waals surface area contributed by atoms with E-state index in [1.807, 2.05) is 4.90 Å². The number of furan rings is 1. The molecule has 0 aliphatic carbocycles. The number of aliphatic hydroxyl groups is 2. The first kappa shape index (κ1) is 23.5. The fourth-order valence-corrected chi connectivity index (χ4v) is 3.75. The minimum atomic E-state index is -0.634. The number of hydrogen-bond donors (Lipinski definition) is 2. The van der Waals surface area contributed by atoms with Gasteiger partial charge in [-0.1, -0.05) is 0 Å². The lowest BCUT2D eigenvalue weighted by atomic mass is 10.1. The standard InChI is InChI=1S/C22H24FN5O6/c23-17-13-16-18(14-19(17)26-7-11-33-12-8-26)24-20(25-22(16)27(5-9-29)6-10-30)3-1-15-2-4-21(34-15)28(31)32/h1-4,13-14,29-30H,5-12H2. The highest BCUT2D eigenvalue weighted by Gasteiger charge is 2.20. The van der Waals surface area contributed by atoms with Gasteiger partial charge in [0.15, 0.2) is 5.82 Å². The Morgan fingerprint density at radius 1 is 1.15 bits per heavy atom. The largest absolute Gasteiger partial charge is 0.433 e. The van der Waals surface area contributed by atoms with Crippen LogP contribution >= 0.6 is 0 Å². The third kappa shape index (κ3) is 5.14. The molecular formula is C22H24FN5O6. The van der Waals surface area contributed by atoms with Gasteiger partial charge in [0, 0.05) is 31.6 Å². The molecule has 2 aromatic heterocycles. The number of hydrogen-bond acceptors (Lipinski definition) is 10. The van der Waals surface area contributed by atoms with Crippen LogP contribution in [-0.4, -0.2) is 77.7 Å². The van der Waals surface area contributed by atoms with Crippen molar-refractivity contribution in [2.24, 2.45) is 0 Å². The van der Waals surface area contributed by atoms with Crippen molar-refractivity contribution in [1.29, 1.82) is 0 Å². The van der Waals surface area contributed by atoms with E-state index < -0.39 is 10.7 Å². The molecule has 0 unspecified atom stereocenters. The predicted octanol–water partition coefficient (Wildman–Crippen LogP) is 2.07. The summed E-state index contributed by atoms with van der Waals surface area (Å²) in [5, 5.41) is 30.3. The fourth-order valence-electron chi connectivity index (χ4n) is 3.75. The maximum atomic E-state index is 15.1. The highest BCUT2D eigenvalue weighted by atomic mass is 19.1. The number of nitro groups is 1. The second-order valence-corrected chi connectivity index (χ2v) is 7.53. The van der Waals surface area contributed by atoms with Gasteiger partial charge < -0.3 is 29.2 Å². The summed E-state index contributed by atoms with van der Waals surface area (Å²) in [5.74, 6) is 0.0288. The molecule has 0 bridgehead atoms. The molecule has 1 aromatic carbocycles. The van der Waals surface area contributed by atoms with Crippen molar-refractivity contribution in [2.45, 2.75) is 0 Å². The molecule has 3 aromatic rings. The zero-order chi connectivity index (χ0) is 24.1. The predicted molar refractivity (Wildman–Crippen MR) is 123 cm³/mol. The van der Waals surface area contributed by atoms with Gasteiger partial charge in [-0.3, -0.25) is 10.1 Å². The second-order valence-electron chi connectivity index (χ2n) is 7.53. The number of ether oxygens (including phenoxy) is 1. The smallest absolute Gasteiger partial charge is 0.401 e. The Kier molecular flexibility index (Phi) is 7.30. The molecule has 34 heavy (non-hydrogen) atoms. The molecule has 3 heterocycles. The number of rotatable bonds is 9. The zero-order valence-corrected chi connectivity index (χ0v) is 18.3. The number of morpholine rings is 1. The molecule has 0 saturated carbocycles. The Balaban J connectivity index is 1.79. The van der Waals surface area contributed by atoms with E-state index in [-0.39, 0.29) is 43.8 Å². The van der Waals surface area contributed by atoms with Crippen LogP contribution in [0.15, 0.2) is 28.7 Å². The van der Waals surface area contributed by atoms with Crippen LogP contribution in [0.3, 0.4) is 0 Å². The van der Waals surface area contributed by atoms with E-state index in [1.54, 1.807) is 11.0 Å². The summed E-state index contributed by atoms with van der Waals surface area (Å²) in [5.41, 5.74) is 0.867. The van der Waals surface area contributed by atoms with Crippen LogP contribution in [0.1, 0.15) is 11.6 Å². The summed E-state index contributed by atoms with van der Waals surface area (Å²) in [7, 11) is 0. The molecule has 0 radical (unpaired) electrons. The summed E-state index contributed by atoms with van der Waals surface area (Å²) >= 11 is 0. The quantitative estimate of drug-likeness (QED) is 0.351. The lowest BCUT2D eigenvalue weighted by Gasteiger charge is -2.29. The molecule has 1 aliphatic heterocycles. The Labute approximate surface area is 193 Å². The molecular weight excluding hydrogens is 449 g/mol. The van der Waals surface area contributed by atoms with E-state index in [4.69, 9.17) is 9.15 Å². The Morgan fingerprint density at radius 2 is 1.88 bits per heavy atom. The van der Waals surface area contributed by atoms with E-state index in [2.05, 4.69) is 9.97 Å². The molecule has 180 valence electrons. The summed E-state index contributed by atoms with van der Waals surface area (Å²) < 4.78 is 25.6. The SMILES string of the molecule is O=[N+]([O-])c1ccc(C=Cc2nc(N(CCO)CCO)c3cc(F)c(N4CCOCC4)cc3n2)o1. The third-order valence-corrected chi connectivity index (χ3v) is 5.34. The molecule has 0 atom stereocenters. The van der Waals surface area contributed by atoms with Crippen molar-refractivity contribution in [2.75, 3.05) is 62.4 Å². The third-order valence-electron chi connectivity index (χ3n) is 5.34. The Morgan fingerprint density at radius 3 is 2.53 bits per heavy atom. The maximum absolute atomic E-state index is 15.1. The van der Waals surface area contributed by atoms with Crippen LogP contribution in [-0.2, 0) is 4.74 Å². The van der Waals surface area contributed by atoms with Crippen LogP contribution in [0, 0.1) is 15.9 Å². The van der Waals surface area contributed by atoms with Gasteiger partial charge in [0.2, 0.25) is 0 Å². The van der Waals surface area contributed by atoms with Crippen LogP contribution in [0.2, 0.25) is 0 Å². The van der Waals surface area contributed by atoms with E-state index >= 15 is 4.39 Å². The van der Waals surface area contributed by atoms with Gasteiger partial charge in [-0.15, -0.1) is 0 Å². The number of halogens is 1. The number of fused-ring (bicyclic) bond motifs is 1. The van der Waals surface area contributed by atoms with Crippen LogP contribution in [0.25, 0.3) is 23.1 Å². The highest BCUT2D eigenvalue weighted by Crippen LogP contribution is 2.31. The number of nitrogens with zero attached hydrogens (tertiary/aromatic N) is 5. The number of aliphatic hydroxyl groups excluding tert-OH is 2. The summed E-state index contributed by atoms with van der Waals surface area (Å²) in [6.07, 6.45) is 3.02. The van der Waals surface area contributed by atoms with Gasteiger partial charge >= 0.3 is 5.88 Å². The average molecular weight is 473 g/mol. The monoisotopic (exact) mass is 473 g/mol. The summed E-state index contributed by atoms with van der Waals surface area (Å²) in [4.78, 5) is 22.8. The molecule has 11 nitrogen and oxygen atoms in total. The van der Waals surface area contributed by atoms with Crippen molar-refractivity contribution in [1.82, 2.24) is 9.97 Å². The normalized spacial score (nSPS) is 14.3. The van der Waals surface area contributed by atoms with Gasteiger partial charge in [0.05, 0.1) is 43.7 Å². The van der Waals surface area contributed by atoms with Crippen LogP contribution < -0.4 is 9.80 Å². The Hall–Kier alpha value is -3.61. The van der Waals surface area contributed by atoms with E-state index in [0.29, 0.717) is 48.7 Å². The van der Waals surface area contributed by atoms with Crippen molar-refractivity contribution >= 4 is 40.4 Å². The van der Waals surface area contributed by atoms with E-state index in [9.17, 15) is 20.3 Å². The average Bonchev–Trinajstić information content (AvgIpc) is 3.32. The number of benzene rings is 1. The van der Waals surface area contributed by atoms with E-state index in [0.717, 1.165) is 0 Å². The van der Waals surface area contributed by atoms with Crippen molar-refractivity contribution < 1.29 is 28.7 Å². The maximum Gasteiger partial charge on any atom is 0.433 e. The highest BCUT2D eigenvalue weighted by molar-refractivity contribution is 5.93. The first-order valence-corrected chi connectivity index (χ1v) is 10.7. The number of aromatic nitrogens is 2. The van der Waals surface area contributed by atoms with Crippen molar-refractivity contribution in [3.05, 3.63) is 51.8 Å². The minimum absolute atomic E-state index is 0.174. The molecule has 0 amide bonds. The molecule has 4 rings (SSSR count). The lowest BCUT2D eigenvalue weighted by Crippen LogP contribution is -2.36. The van der Waals surface area contributed by atoms with Gasteiger partial charge in [-0.2, -0.15) is 0 Å². The van der Waals surface area contributed by atoms with Gasteiger partial charge in [0.25, 0.3) is 0 Å². The first-order chi connectivity index (χ1) is 16.5. The molecule has 1 fully saturated rings.